The van der Waals surface area contributed by atoms with E-state index in [-0.39, 0.29) is 34.0 Å². The van der Waals surface area contributed by atoms with Crippen molar-refractivity contribution in [1.82, 2.24) is 0 Å². The number of urea groups is 1. The number of hydrogen-bond acceptors (Lipinski definition) is 5. The lowest BCUT2D eigenvalue weighted by molar-refractivity contribution is 0.0682. The van der Waals surface area contributed by atoms with Gasteiger partial charge in [-0.05, 0) is 36.4 Å². The fourth-order valence-corrected chi connectivity index (χ4v) is 2.20. The summed E-state index contributed by atoms with van der Waals surface area (Å²) in [5, 5.41) is 23.2. The van der Waals surface area contributed by atoms with E-state index in [2.05, 4.69) is 10.6 Å². The molecule has 9 nitrogen and oxygen atoms in total. The van der Waals surface area contributed by atoms with Crippen molar-refractivity contribution in [2.75, 3.05) is 24.9 Å². The molecule has 2 rings (SSSR count). The molecule has 0 saturated heterocycles. The average molecular weight is 360 g/mol. The standard InChI is InChI=1S/C17H16N2O7/c1-25-13-5-3-9(7-11(13)15(20)21)18-17(24)19-10-4-6-14(26-2)12(8-10)16(22)23/h3-8H,1-2H3,(H,20,21)(H,22,23)(H2,18,19,24). The summed E-state index contributed by atoms with van der Waals surface area (Å²) in [6.45, 7) is 0. The zero-order valence-electron chi connectivity index (χ0n) is 13.9. The quantitative estimate of drug-likeness (QED) is 0.622. The normalized spacial score (nSPS) is 9.92. The highest BCUT2D eigenvalue weighted by Crippen LogP contribution is 2.24. The molecular weight excluding hydrogens is 344 g/mol. The maximum atomic E-state index is 12.1. The van der Waals surface area contributed by atoms with E-state index in [1.165, 1.54) is 50.6 Å². The number of anilines is 2. The highest BCUT2D eigenvalue weighted by atomic mass is 16.5. The summed E-state index contributed by atoms with van der Waals surface area (Å²) < 4.78 is 9.89. The average Bonchev–Trinajstić information content (AvgIpc) is 2.61. The number of nitrogens with one attached hydrogen (secondary N) is 2. The van der Waals surface area contributed by atoms with Gasteiger partial charge in [-0.25, -0.2) is 14.4 Å². The van der Waals surface area contributed by atoms with Crippen molar-refractivity contribution in [3.8, 4) is 11.5 Å². The Morgan fingerprint density at radius 3 is 1.46 bits per heavy atom. The number of carbonyl (C=O) groups excluding carboxylic acids is 1. The van der Waals surface area contributed by atoms with Crippen LogP contribution in [-0.4, -0.2) is 42.4 Å². The Kier molecular flexibility index (Phi) is 5.63. The van der Waals surface area contributed by atoms with Crippen LogP contribution in [0, 0.1) is 0 Å². The largest absolute Gasteiger partial charge is 0.496 e. The fraction of sp³-hybridized carbons (Fsp3) is 0.118. The van der Waals surface area contributed by atoms with Crippen LogP contribution in [-0.2, 0) is 0 Å². The van der Waals surface area contributed by atoms with E-state index < -0.39 is 18.0 Å². The van der Waals surface area contributed by atoms with Crippen molar-refractivity contribution >= 4 is 29.3 Å². The van der Waals surface area contributed by atoms with Gasteiger partial charge in [-0.2, -0.15) is 0 Å². The molecule has 0 aromatic heterocycles. The van der Waals surface area contributed by atoms with E-state index in [0.29, 0.717) is 0 Å². The summed E-state index contributed by atoms with van der Waals surface area (Å²) in [4.78, 5) is 34.5. The van der Waals surface area contributed by atoms with Gasteiger partial charge in [-0.15, -0.1) is 0 Å². The first-order chi connectivity index (χ1) is 12.3. The highest BCUT2D eigenvalue weighted by Gasteiger charge is 2.15. The minimum Gasteiger partial charge on any atom is -0.496 e. The Morgan fingerprint density at radius 2 is 1.15 bits per heavy atom. The van der Waals surface area contributed by atoms with Crippen molar-refractivity contribution in [3.05, 3.63) is 47.5 Å². The molecule has 2 aromatic carbocycles. The molecular formula is C17H16N2O7. The van der Waals surface area contributed by atoms with E-state index in [4.69, 9.17) is 19.7 Å². The van der Waals surface area contributed by atoms with Crippen LogP contribution < -0.4 is 20.1 Å². The van der Waals surface area contributed by atoms with E-state index in [1.807, 2.05) is 0 Å². The van der Waals surface area contributed by atoms with Gasteiger partial charge in [-0.1, -0.05) is 0 Å². The van der Waals surface area contributed by atoms with Gasteiger partial charge in [0.25, 0.3) is 0 Å². The highest BCUT2D eigenvalue weighted by molar-refractivity contribution is 6.02. The lowest BCUT2D eigenvalue weighted by Crippen LogP contribution is -2.20. The molecule has 0 fully saturated rings. The molecule has 2 amide bonds. The number of amides is 2. The molecule has 0 heterocycles. The summed E-state index contributed by atoms with van der Waals surface area (Å²) in [6, 6.07) is 7.59. The molecule has 136 valence electrons. The lowest BCUT2D eigenvalue weighted by Gasteiger charge is -2.11. The molecule has 0 atom stereocenters. The summed E-state index contributed by atoms with van der Waals surface area (Å²) in [7, 11) is 2.68. The second kappa shape index (κ2) is 7.88. The number of methoxy groups -OCH3 is 2. The number of aromatic carboxylic acids is 2. The third-order valence-electron chi connectivity index (χ3n) is 3.38. The Hall–Kier alpha value is -3.75. The molecule has 0 bridgehead atoms. The van der Waals surface area contributed by atoms with Gasteiger partial charge < -0.3 is 30.3 Å². The van der Waals surface area contributed by atoms with Gasteiger partial charge in [0, 0.05) is 11.4 Å². The number of carboxylic acid groups (broad SMARTS) is 2. The molecule has 0 spiro atoms. The second-order valence-electron chi connectivity index (χ2n) is 5.02. The van der Waals surface area contributed by atoms with E-state index in [1.54, 1.807) is 0 Å². The topological polar surface area (TPSA) is 134 Å². The van der Waals surface area contributed by atoms with E-state index >= 15 is 0 Å². The van der Waals surface area contributed by atoms with Crippen LogP contribution in [0.2, 0.25) is 0 Å². The summed E-state index contributed by atoms with van der Waals surface area (Å²) >= 11 is 0. The SMILES string of the molecule is COc1ccc(NC(=O)Nc2ccc(OC)c(C(=O)O)c2)cc1C(=O)O. The first kappa shape index (κ1) is 18.6. The zero-order valence-corrected chi connectivity index (χ0v) is 13.9. The maximum absolute atomic E-state index is 12.1. The van der Waals surface area contributed by atoms with E-state index in [9.17, 15) is 14.4 Å². The van der Waals surface area contributed by atoms with Gasteiger partial charge in [0.2, 0.25) is 0 Å². The van der Waals surface area contributed by atoms with Crippen molar-refractivity contribution in [1.29, 1.82) is 0 Å². The minimum atomic E-state index is -1.20. The first-order valence-corrected chi connectivity index (χ1v) is 7.26. The number of ether oxygens (including phenoxy) is 2. The third kappa shape index (κ3) is 4.20. The monoisotopic (exact) mass is 360 g/mol. The van der Waals surface area contributed by atoms with Crippen LogP contribution in [0.4, 0.5) is 16.2 Å². The second-order valence-corrected chi connectivity index (χ2v) is 5.02. The maximum Gasteiger partial charge on any atom is 0.339 e. The van der Waals surface area contributed by atoms with Crippen LogP contribution in [0.3, 0.4) is 0 Å². The summed E-state index contributed by atoms with van der Waals surface area (Å²) in [5.74, 6) is -2.09. The Labute approximate surface area is 148 Å². The Balaban J connectivity index is 2.16. The Morgan fingerprint density at radius 1 is 0.769 bits per heavy atom. The first-order valence-electron chi connectivity index (χ1n) is 7.26. The van der Waals surface area contributed by atoms with E-state index in [0.717, 1.165) is 0 Å². The van der Waals surface area contributed by atoms with Crippen molar-refractivity contribution < 1.29 is 34.1 Å². The summed E-state index contributed by atoms with van der Waals surface area (Å²) in [6.07, 6.45) is 0. The van der Waals surface area contributed by atoms with Crippen LogP contribution in [0.25, 0.3) is 0 Å². The molecule has 26 heavy (non-hydrogen) atoms. The van der Waals surface area contributed by atoms with Gasteiger partial charge in [0.15, 0.2) is 0 Å². The molecule has 4 N–H and O–H groups in total. The predicted octanol–water partition coefficient (Wildman–Crippen LogP) is 2.74. The molecule has 0 radical (unpaired) electrons. The number of carboxylic acids is 2. The molecule has 0 aliphatic rings. The van der Waals surface area contributed by atoms with Crippen molar-refractivity contribution in [2.24, 2.45) is 0 Å². The van der Waals surface area contributed by atoms with Crippen molar-refractivity contribution in [3.63, 3.8) is 0 Å². The van der Waals surface area contributed by atoms with Crippen LogP contribution in [0.15, 0.2) is 36.4 Å². The van der Waals surface area contributed by atoms with Gasteiger partial charge >= 0.3 is 18.0 Å². The van der Waals surface area contributed by atoms with Crippen LogP contribution in [0.1, 0.15) is 20.7 Å². The number of benzene rings is 2. The lowest BCUT2D eigenvalue weighted by atomic mass is 10.1. The fourth-order valence-electron chi connectivity index (χ4n) is 2.20. The van der Waals surface area contributed by atoms with Crippen LogP contribution in [0.5, 0.6) is 11.5 Å². The Bertz CT molecular complexity index is 795. The smallest absolute Gasteiger partial charge is 0.339 e. The van der Waals surface area contributed by atoms with Crippen LogP contribution >= 0.6 is 0 Å². The number of carbonyl (C=O) groups is 3. The number of rotatable bonds is 6. The minimum absolute atomic E-state index is 0.108. The molecule has 9 heteroatoms. The van der Waals surface area contributed by atoms with Gasteiger partial charge in [0.05, 0.1) is 14.2 Å². The molecule has 2 aromatic rings. The molecule has 0 unspecified atom stereocenters. The van der Waals surface area contributed by atoms with Gasteiger partial charge in [0.1, 0.15) is 22.6 Å². The number of hydrogen-bond donors (Lipinski definition) is 4. The molecule has 0 saturated carbocycles. The molecule has 0 aliphatic carbocycles. The summed E-state index contributed by atoms with van der Waals surface area (Å²) in [5.41, 5.74) is 0.242. The third-order valence-corrected chi connectivity index (χ3v) is 3.38. The molecule has 0 aliphatic heterocycles. The zero-order chi connectivity index (χ0) is 19.3. The van der Waals surface area contributed by atoms with Crippen molar-refractivity contribution in [2.45, 2.75) is 0 Å². The predicted molar refractivity (Wildman–Crippen MR) is 92.5 cm³/mol. The van der Waals surface area contributed by atoms with Gasteiger partial charge in [-0.3, -0.25) is 0 Å².